The minimum absolute atomic E-state index is 0. The van der Waals surface area contributed by atoms with Crippen molar-refractivity contribution in [2.75, 3.05) is 0 Å². The zero-order valence-corrected chi connectivity index (χ0v) is 8.85. The summed E-state index contributed by atoms with van der Waals surface area (Å²) in [6.45, 7) is 0. The largest absolute Gasteiger partial charge is 0 e. The van der Waals surface area contributed by atoms with E-state index in [1.807, 2.05) is 0 Å². The van der Waals surface area contributed by atoms with Crippen LogP contribution in [0.4, 0.5) is 0 Å². The van der Waals surface area contributed by atoms with E-state index in [9.17, 15) is 0 Å². The van der Waals surface area contributed by atoms with Crippen molar-refractivity contribution in [2.24, 2.45) is 0 Å². The monoisotopic (exact) mass is 240 g/mol. The molecule has 0 amide bonds. The van der Waals surface area contributed by atoms with E-state index in [0.29, 0.717) is 40.9 Å². The van der Waals surface area contributed by atoms with Gasteiger partial charge in [-0.3, -0.25) is 0 Å². The first-order valence-corrected chi connectivity index (χ1v) is 2.07. The van der Waals surface area contributed by atoms with E-state index in [4.69, 9.17) is 6.62 Å². The van der Waals surface area contributed by atoms with Crippen LogP contribution < -0.4 is 0 Å². The van der Waals surface area contributed by atoms with Crippen LogP contribution in [0.1, 0.15) is 0 Å². The minimum Gasteiger partial charge on any atom is 0 e. The van der Waals surface area contributed by atoms with Gasteiger partial charge in [0.05, 0.1) is 0 Å². The Morgan fingerprint density at radius 3 is 1.20 bits per heavy atom. The van der Waals surface area contributed by atoms with Gasteiger partial charge >= 0.3 is 47.6 Å². The summed E-state index contributed by atoms with van der Waals surface area (Å²) in [6, 6.07) is 0. The molecule has 5 heavy (non-hydrogen) atoms. The van der Waals surface area contributed by atoms with Crippen molar-refractivity contribution in [1.29, 1.82) is 0 Å². The zero-order chi connectivity index (χ0) is 4.00. The van der Waals surface area contributed by atoms with Crippen LogP contribution in [0.15, 0.2) is 0 Å². The van der Waals surface area contributed by atoms with E-state index >= 15 is 0 Å². The van der Waals surface area contributed by atoms with Gasteiger partial charge in [0, 0.05) is 26.2 Å². The molecule has 0 aromatic carbocycles. The van der Waals surface area contributed by atoms with E-state index in [1.165, 1.54) is 0 Å². The average Bonchev–Trinajstić information content (AvgIpc) is 1.50. The third-order valence-electron chi connectivity index (χ3n) is 0. The van der Waals surface area contributed by atoms with Gasteiger partial charge in [0.2, 0.25) is 0 Å². The molecule has 0 spiro atoms. The summed E-state index contributed by atoms with van der Waals surface area (Å²) < 4.78 is 16.6. The molecule has 5 heteroatoms. The van der Waals surface area contributed by atoms with Crippen LogP contribution in [0.2, 0.25) is 0 Å². The summed E-state index contributed by atoms with van der Waals surface area (Å²) in [5.74, 6) is 0. The Labute approximate surface area is 72.7 Å². The molecule has 0 rings (SSSR count). The normalized spacial score (nSPS) is 1.20. The maximum atomic E-state index is 8.34. The van der Waals surface area contributed by atoms with Gasteiger partial charge in [-0.2, -0.15) is 0 Å². The second-order valence-corrected chi connectivity index (χ2v) is 0. The van der Waals surface area contributed by atoms with Crippen molar-refractivity contribution in [3.8, 4) is 0 Å². The van der Waals surface area contributed by atoms with Crippen LogP contribution in [0, 0.1) is 0 Å². The van der Waals surface area contributed by atoms with Gasteiger partial charge in [-0.1, -0.05) is 0 Å². The summed E-state index contributed by atoms with van der Waals surface area (Å²) in [5, 5.41) is 0. The molecule has 0 atom stereocenters. The SMILES string of the molecule is [O]=[AlH].[O]=[Zr].[Zr]. The molecule has 0 N–H and O–H groups in total. The summed E-state index contributed by atoms with van der Waals surface area (Å²) >= 11 is 0.911. The van der Waals surface area contributed by atoms with Gasteiger partial charge in [0.1, 0.15) is 0 Å². The Balaban J connectivity index is -0.0000000133. The van der Waals surface area contributed by atoms with Crippen LogP contribution in [0.25, 0.3) is 0 Å². The molecule has 0 bridgehead atoms. The Hall–Kier alpha value is 1.90. The van der Waals surface area contributed by atoms with Crippen molar-refractivity contribution in [3.05, 3.63) is 0 Å². The third kappa shape index (κ3) is 24.9. The molecular weight excluding hydrogens is 241 g/mol. The molecule has 0 aliphatic rings. The minimum atomic E-state index is 0. The molecular formula is HAlO2Zr2. The van der Waals surface area contributed by atoms with E-state index in [0.717, 1.165) is 0 Å². The molecule has 0 aliphatic carbocycles. The molecule has 0 heterocycles. The van der Waals surface area contributed by atoms with E-state index < -0.39 is 0 Å². The van der Waals surface area contributed by atoms with Crippen molar-refractivity contribution in [2.45, 2.75) is 0 Å². The first-order valence-electron chi connectivity index (χ1n) is 0.493. The molecule has 2 nitrogen and oxygen atoms in total. The van der Waals surface area contributed by atoms with Gasteiger partial charge in [-0.25, -0.2) is 0 Å². The second-order valence-electron chi connectivity index (χ2n) is 0. The maximum absolute atomic E-state index is 8.34. The van der Waals surface area contributed by atoms with E-state index in [-0.39, 0.29) is 26.2 Å². The number of hydrogen-bond acceptors (Lipinski definition) is 2. The predicted molar refractivity (Wildman–Crippen MR) is 8.52 cm³/mol. The van der Waals surface area contributed by atoms with Crippen LogP contribution in [-0.4, -0.2) is 16.2 Å². The standard InChI is InChI=1S/Al.2O.2Zr.H. The van der Waals surface area contributed by atoms with Crippen molar-refractivity contribution >= 4 is 16.2 Å². The third-order valence-corrected chi connectivity index (χ3v) is 0. The first kappa shape index (κ1) is 15.8. The number of hydrogen-bond donors (Lipinski definition) is 0. The first-order chi connectivity index (χ1) is 2.00. The Kier molecular flexibility index (Phi) is 124. The van der Waals surface area contributed by atoms with E-state index in [1.54, 1.807) is 0 Å². The van der Waals surface area contributed by atoms with Crippen LogP contribution in [-0.2, 0) is 57.5 Å². The van der Waals surface area contributed by atoms with Crippen molar-refractivity contribution < 1.29 is 57.5 Å². The zero-order valence-electron chi connectivity index (χ0n) is 2.52. The number of rotatable bonds is 0. The molecule has 24 valence electrons. The quantitative estimate of drug-likeness (QED) is 0.517. The molecule has 0 aromatic heterocycles. The van der Waals surface area contributed by atoms with Gasteiger partial charge in [0.15, 0.2) is 0 Å². The van der Waals surface area contributed by atoms with Gasteiger partial charge in [-0.15, -0.1) is 0 Å². The Morgan fingerprint density at radius 1 is 1.20 bits per heavy atom. The molecule has 0 unspecified atom stereocenters. The molecule has 0 saturated carbocycles. The summed E-state index contributed by atoms with van der Waals surface area (Å²) in [5.41, 5.74) is 0. The summed E-state index contributed by atoms with van der Waals surface area (Å²) in [7, 11) is 0. The molecule has 0 fully saturated rings. The van der Waals surface area contributed by atoms with Crippen LogP contribution >= 0.6 is 0 Å². The smallest absolute Gasteiger partial charge is 0 e. The average molecular weight is 242 g/mol. The van der Waals surface area contributed by atoms with Crippen molar-refractivity contribution in [1.82, 2.24) is 0 Å². The molecule has 0 saturated heterocycles. The fourth-order valence-electron chi connectivity index (χ4n) is 0. The Morgan fingerprint density at radius 2 is 1.20 bits per heavy atom. The van der Waals surface area contributed by atoms with Crippen LogP contribution in [0.3, 0.4) is 0 Å². The molecule has 0 aliphatic heterocycles. The van der Waals surface area contributed by atoms with Gasteiger partial charge in [0.25, 0.3) is 0 Å². The topological polar surface area (TPSA) is 34.1 Å². The Bertz CT molecular complexity index is 9.61. The van der Waals surface area contributed by atoms with E-state index in [2.05, 4.69) is 0 Å². The van der Waals surface area contributed by atoms with Gasteiger partial charge < -0.3 is 0 Å². The maximum Gasteiger partial charge on any atom is 0 e. The van der Waals surface area contributed by atoms with Gasteiger partial charge in [-0.05, 0) is 0 Å². The molecule has 0 radical (unpaired) electrons. The fraction of sp³-hybridized carbons (Fsp3) is 0. The summed E-state index contributed by atoms with van der Waals surface area (Å²) in [4.78, 5) is 0. The second kappa shape index (κ2) is 39.3. The van der Waals surface area contributed by atoms with Crippen molar-refractivity contribution in [3.63, 3.8) is 0 Å². The van der Waals surface area contributed by atoms with Crippen LogP contribution in [0.5, 0.6) is 0 Å². The predicted octanol–water partition coefficient (Wildman–Crippen LogP) is -0.891. The fourth-order valence-corrected chi connectivity index (χ4v) is 0. The molecule has 0 aromatic rings. The summed E-state index contributed by atoms with van der Waals surface area (Å²) in [6.07, 6.45) is 0.